The normalized spacial score (nSPS) is 9.90. The molecular formula is C18H18FNO. The van der Waals surface area contributed by atoms with E-state index in [1.807, 2.05) is 32.0 Å². The van der Waals surface area contributed by atoms with Crippen molar-refractivity contribution in [1.82, 2.24) is 0 Å². The van der Waals surface area contributed by atoms with Crippen LogP contribution in [-0.2, 0) is 6.61 Å². The molecule has 2 rings (SSSR count). The van der Waals surface area contributed by atoms with Crippen molar-refractivity contribution in [2.75, 3.05) is 6.54 Å². The lowest BCUT2D eigenvalue weighted by Gasteiger charge is -2.10. The average Bonchev–Trinajstić information content (AvgIpc) is 2.45. The molecular weight excluding hydrogens is 265 g/mol. The summed E-state index contributed by atoms with van der Waals surface area (Å²) >= 11 is 0. The largest absolute Gasteiger partial charge is 0.489 e. The first-order valence-electron chi connectivity index (χ1n) is 6.77. The summed E-state index contributed by atoms with van der Waals surface area (Å²) in [5.74, 6) is 5.96. The van der Waals surface area contributed by atoms with E-state index in [1.165, 1.54) is 11.6 Å². The van der Waals surface area contributed by atoms with Crippen molar-refractivity contribution in [2.24, 2.45) is 5.73 Å². The Morgan fingerprint density at radius 3 is 2.62 bits per heavy atom. The van der Waals surface area contributed by atoms with Gasteiger partial charge in [-0.1, -0.05) is 35.6 Å². The minimum absolute atomic E-state index is 0.195. The number of rotatable bonds is 3. The molecule has 2 N–H and O–H groups in total. The van der Waals surface area contributed by atoms with E-state index in [0.717, 1.165) is 11.3 Å². The predicted octanol–water partition coefficient (Wildman–Crippen LogP) is 3.33. The fourth-order valence-corrected chi connectivity index (χ4v) is 2.01. The molecule has 0 fully saturated rings. The van der Waals surface area contributed by atoms with Gasteiger partial charge in [-0.3, -0.25) is 0 Å². The Hall–Kier alpha value is -2.31. The molecule has 0 aliphatic carbocycles. The van der Waals surface area contributed by atoms with E-state index in [0.29, 0.717) is 11.1 Å². The van der Waals surface area contributed by atoms with Gasteiger partial charge in [-0.25, -0.2) is 4.39 Å². The molecule has 0 unspecified atom stereocenters. The van der Waals surface area contributed by atoms with E-state index in [9.17, 15) is 4.39 Å². The zero-order chi connectivity index (χ0) is 15.2. The van der Waals surface area contributed by atoms with Crippen LogP contribution in [0.5, 0.6) is 5.75 Å². The molecule has 2 aromatic rings. The van der Waals surface area contributed by atoms with Crippen LogP contribution in [0.2, 0.25) is 0 Å². The molecule has 0 bridgehead atoms. The third-order valence-corrected chi connectivity index (χ3v) is 3.10. The van der Waals surface area contributed by atoms with Gasteiger partial charge in [-0.05, 0) is 37.6 Å². The molecule has 0 radical (unpaired) electrons. The minimum atomic E-state index is -0.316. The molecule has 0 amide bonds. The van der Waals surface area contributed by atoms with Crippen LogP contribution < -0.4 is 10.5 Å². The smallest absolute Gasteiger partial charge is 0.131 e. The van der Waals surface area contributed by atoms with E-state index in [-0.39, 0.29) is 19.0 Å². The molecule has 2 aromatic carbocycles. The summed E-state index contributed by atoms with van der Waals surface area (Å²) in [5, 5.41) is 0. The van der Waals surface area contributed by atoms with Gasteiger partial charge in [0.25, 0.3) is 0 Å². The molecule has 0 aromatic heterocycles. The summed E-state index contributed by atoms with van der Waals surface area (Å²) in [6.45, 7) is 4.46. The van der Waals surface area contributed by atoms with Crippen LogP contribution in [0.25, 0.3) is 0 Å². The van der Waals surface area contributed by atoms with Crippen molar-refractivity contribution >= 4 is 0 Å². The average molecular weight is 283 g/mol. The molecule has 0 heterocycles. The van der Waals surface area contributed by atoms with Gasteiger partial charge in [-0.2, -0.15) is 0 Å². The summed E-state index contributed by atoms with van der Waals surface area (Å²) in [6.07, 6.45) is 0. The topological polar surface area (TPSA) is 35.2 Å². The number of halogens is 1. The van der Waals surface area contributed by atoms with Gasteiger partial charge in [0.15, 0.2) is 0 Å². The molecule has 0 saturated heterocycles. The lowest BCUT2D eigenvalue weighted by atomic mass is 10.1. The predicted molar refractivity (Wildman–Crippen MR) is 82.6 cm³/mol. The van der Waals surface area contributed by atoms with E-state index in [2.05, 4.69) is 11.8 Å². The van der Waals surface area contributed by atoms with Gasteiger partial charge in [0.05, 0.1) is 6.54 Å². The van der Waals surface area contributed by atoms with E-state index in [4.69, 9.17) is 10.5 Å². The van der Waals surface area contributed by atoms with Crippen LogP contribution in [0.4, 0.5) is 4.39 Å². The van der Waals surface area contributed by atoms with Crippen LogP contribution >= 0.6 is 0 Å². The highest BCUT2D eigenvalue weighted by Crippen LogP contribution is 2.21. The quantitative estimate of drug-likeness (QED) is 0.877. The Morgan fingerprint density at radius 2 is 1.95 bits per heavy atom. The van der Waals surface area contributed by atoms with Crippen LogP contribution in [-0.4, -0.2) is 6.54 Å². The zero-order valence-electron chi connectivity index (χ0n) is 12.2. The number of hydrogen-bond donors (Lipinski definition) is 1. The molecule has 108 valence electrons. The van der Waals surface area contributed by atoms with Crippen molar-refractivity contribution in [3.63, 3.8) is 0 Å². The Labute approximate surface area is 124 Å². The second kappa shape index (κ2) is 6.92. The minimum Gasteiger partial charge on any atom is -0.489 e. The SMILES string of the molecule is Cc1ccc(OCc2ccc(C#CCN)cc2F)c(C)c1. The fourth-order valence-electron chi connectivity index (χ4n) is 2.01. The maximum absolute atomic E-state index is 14.0. The number of nitrogens with two attached hydrogens (primary N) is 1. The number of benzene rings is 2. The first-order chi connectivity index (χ1) is 10.1. The van der Waals surface area contributed by atoms with E-state index in [1.54, 1.807) is 12.1 Å². The van der Waals surface area contributed by atoms with Crippen molar-refractivity contribution in [3.8, 4) is 17.6 Å². The maximum Gasteiger partial charge on any atom is 0.131 e. The van der Waals surface area contributed by atoms with Crippen LogP contribution in [0, 0.1) is 31.5 Å². The zero-order valence-corrected chi connectivity index (χ0v) is 12.2. The molecule has 0 spiro atoms. The Bertz CT molecular complexity index is 698. The molecule has 21 heavy (non-hydrogen) atoms. The lowest BCUT2D eigenvalue weighted by Crippen LogP contribution is -2.00. The Morgan fingerprint density at radius 1 is 1.14 bits per heavy atom. The summed E-state index contributed by atoms with van der Waals surface area (Å²) in [4.78, 5) is 0. The number of ether oxygens (including phenoxy) is 1. The van der Waals surface area contributed by atoms with E-state index >= 15 is 0 Å². The number of aryl methyl sites for hydroxylation is 2. The van der Waals surface area contributed by atoms with Gasteiger partial charge < -0.3 is 10.5 Å². The lowest BCUT2D eigenvalue weighted by molar-refractivity contribution is 0.298. The van der Waals surface area contributed by atoms with E-state index < -0.39 is 0 Å². The van der Waals surface area contributed by atoms with Crippen molar-refractivity contribution in [3.05, 3.63) is 64.5 Å². The van der Waals surface area contributed by atoms with Crippen LogP contribution in [0.1, 0.15) is 22.3 Å². The van der Waals surface area contributed by atoms with Crippen molar-refractivity contribution < 1.29 is 9.13 Å². The monoisotopic (exact) mass is 283 g/mol. The molecule has 2 nitrogen and oxygen atoms in total. The van der Waals surface area contributed by atoms with Crippen molar-refractivity contribution in [1.29, 1.82) is 0 Å². The number of hydrogen-bond acceptors (Lipinski definition) is 2. The Kier molecular flexibility index (Phi) is 4.97. The summed E-state index contributed by atoms with van der Waals surface area (Å²) < 4.78 is 19.6. The van der Waals surface area contributed by atoms with Gasteiger partial charge in [-0.15, -0.1) is 0 Å². The van der Waals surface area contributed by atoms with Crippen LogP contribution in [0.3, 0.4) is 0 Å². The third-order valence-electron chi connectivity index (χ3n) is 3.10. The first-order valence-corrected chi connectivity index (χ1v) is 6.77. The first kappa shape index (κ1) is 15.1. The summed E-state index contributed by atoms with van der Waals surface area (Å²) in [7, 11) is 0. The second-order valence-electron chi connectivity index (χ2n) is 4.87. The molecule has 0 atom stereocenters. The second-order valence-corrected chi connectivity index (χ2v) is 4.87. The Balaban J connectivity index is 2.09. The van der Waals surface area contributed by atoms with Crippen LogP contribution in [0.15, 0.2) is 36.4 Å². The van der Waals surface area contributed by atoms with Gasteiger partial charge in [0.1, 0.15) is 18.2 Å². The maximum atomic E-state index is 14.0. The molecule has 0 aliphatic heterocycles. The van der Waals surface area contributed by atoms with Gasteiger partial charge >= 0.3 is 0 Å². The summed E-state index contributed by atoms with van der Waals surface area (Å²) in [5.41, 5.74) is 8.64. The van der Waals surface area contributed by atoms with Gasteiger partial charge in [0, 0.05) is 11.1 Å². The molecule has 0 saturated carbocycles. The highest BCUT2D eigenvalue weighted by Gasteiger charge is 2.05. The molecule has 3 heteroatoms. The standard InChI is InChI=1S/C18H18FNO/c1-13-5-8-18(14(2)10-13)21-12-16-7-6-15(4-3-9-20)11-17(16)19/h5-8,10-11H,9,12,20H2,1-2H3. The van der Waals surface area contributed by atoms with Crippen molar-refractivity contribution in [2.45, 2.75) is 20.5 Å². The fraction of sp³-hybridized carbons (Fsp3) is 0.222. The highest BCUT2D eigenvalue weighted by molar-refractivity contribution is 5.38. The third kappa shape index (κ3) is 4.08. The highest BCUT2D eigenvalue weighted by atomic mass is 19.1. The van der Waals surface area contributed by atoms with Gasteiger partial charge in [0.2, 0.25) is 0 Å². The summed E-state index contributed by atoms with van der Waals surface area (Å²) in [6, 6.07) is 10.8. The molecule has 0 aliphatic rings.